The smallest absolute Gasteiger partial charge is 0.229 e. The van der Waals surface area contributed by atoms with Crippen LogP contribution in [-0.4, -0.2) is 60.6 Å². The fourth-order valence-electron chi connectivity index (χ4n) is 2.41. The van der Waals surface area contributed by atoms with Gasteiger partial charge in [0.15, 0.2) is 5.11 Å². The van der Waals surface area contributed by atoms with Crippen LogP contribution in [0.2, 0.25) is 0 Å². The Bertz CT molecular complexity index is 584. The molecule has 0 saturated carbocycles. The van der Waals surface area contributed by atoms with Crippen molar-refractivity contribution in [1.82, 2.24) is 20.6 Å². The number of ether oxygens (including phenoxy) is 2. The van der Waals surface area contributed by atoms with Gasteiger partial charge in [0.25, 0.3) is 0 Å². The normalized spacial score (nSPS) is 17.4. The largest absolute Gasteiger partial charge is 0.383 e. The van der Waals surface area contributed by atoms with Crippen molar-refractivity contribution in [3.05, 3.63) is 17.5 Å². The second-order valence-corrected chi connectivity index (χ2v) is 6.20. The molecule has 8 nitrogen and oxygen atoms in total. The molecule has 1 fully saturated rings. The lowest BCUT2D eigenvalue weighted by atomic mass is 10.2. The predicted octanol–water partition coefficient (Wildman–Crippen LogP) is 1.15. The number of thiocarbonyl (C=S) groups is 1. The van der Waals surface area contributed by atoms with Gasteiger partial charge in [-0.05, 0) is 45.0 Å². The molecule has 0 bridgehead atoms. The minimum absolute atomic E-state index is 0.212. The summed E-state index contributed by atoms with van der Waals surface area (Å²) in [7, 11) is 1.64. The van der Waals surface area contributed by atoms with Crippen LogP contribution in [0.3, 0.4) is 0 Å². The summed E-state index contributed by atoms with van der Waals surface area (Å²) in [4.78, 5) is 13.1. The highest BCUT2D eigenvalue weighted by Gasteiger charge is 2.15. The number of methoxy groups -OCH3 is 1. The van der Waals surface area contributed by atoms with Crippen molar-refractivity contribution in [3.63, 3.8) is 0 Å². The molecule has 1 saturated heterocycles. The van der Waals surface area contributed by atoms with Crippen LogP contribution in [0.15, 0.2) is 11.1 Å². The third kappa shape index (κ3) is 7.29. The molecule has 1 aliphatic heterocycles. The van der Waals surface area contributed by atoms with E-state index in [1.165, 1.54) is 0 Å². The predicted molar refractivity (Wildman–Crippen MR) is 102 cm³/mol. The van der Waals surface area contributed by atoms with E-state index >= 15 is 0 Å². The van der Waals surface area contributed by atoms with Crippen molar-refractivity contribution < 1.29 is 9.47 Å². The van der Waals surface area contributed by atoms with E-state index in [0.29, 0.717) is 36.7 Å². The lowest BCUT2D eigenvalue weighted by Gasteiger charge is -2.16. The molecule has 0 amide bonds. The summed E-state index contributed by atoms with van der Waals surface area (Å²) < 4.78 is 10.6. The van der Waals surface area contributed by atoms with Gasteiger partial charge >= 0.3 is 0 Å². The van der Waals surface area contributed by atoms with Crippen LogP contribution in [0.25, 0.3) is 0 Å². The van der Waals surface area contributed by atoms with Crippen LogP contribution in [0, 0.1) is 13.8 Å². The zero-order valence-electron chi connectivity index (χ0n) is 15.0. The zero-order valence-corrected chi connectivity index (χ0v) is 15.8. The summed E-state index contributed by atoms with van der Waals surface area (Å²) in [6.07, 6.45) is 2.37. The maximum Gasteiger partial charge on any atom is 0.229 e. The van der Waals surface area contributed by atoms with Gasteiger partial charge in [0.05, 0.1) is 19.3 Å². The van der Waals surface area contributed by atoms with Crippen LogP contribution < -0.4 is 16.0 Å². The molecular weight excluding hydrogens is 340 g/mol. The summed E-state index contributed by atoms with van der Waals surface area (Å²) in [6, 6.07) is 1.91. The van der Waals surface area contributed by atoms with Gasteiger partial charge in [-0.2, -0.15) is 0 Å². The Morgan fingerprint density at radius 2 is 2.16 bits per heavy atom. The van der Waals surface area contributed by atoms with Gasteiger partial charge in [0.1, 0.15) is 0 Å². The van der Waals surface area contributed by atoms with Gasteiger partial charge in [0, 0.05) is 31.6 Å². The fourth-order valence-corrected chi connectivity index (χ4v) is 2.59. The Labute approximate surface area is 153 Å². The third-order valence-corrected chi connectivity index (χ3v) is 3.77. The number of aryl methyl sites for hydroxylation is 2. The van der Waals surface area contributed by atoms with Crippen molar-refractivity contribution in [2.24, 2.45) is 4.99 Å². The standard InChI is InChI=1S/C16H26N6O2S/c1-11-9-12(2)20-15(19-11)21-14(17-6-8-23-3)22-16(25)18-10-13-5-4-7-24-13/h9,13H,4-8,10H2,1-3H3,(H3,17,18,19,20,21,22,25). The first-order chi connectivity index (χ1) is 12.1. The summed E-state index contributed by atoms with van der Waals surface area (Å²) in [5, 5.41) is 9.77. The van der Waals surface area contributed by atoms with E-state index < -0.39 is 0 Å². The molecule has 0 aliphatic carbocycles. The van der Waals surface area contributed by atoms with Crippen LogP contribution in [0.1, 0.15) is 24.2 Å². The lowest BCUT2D eigenvalue weighted by Crippen LogP contribution is -2.45. The monoisotopic (exact) mass is 366 g/mol. The molecule has 138 valence electrons. The summed E-state index contributed by atoms with van der Waals surface area (Å²) in [5.74, 6) is 0.954. The molecule has 1 aromatic heterocycles. The Morgan fingerprint density at radius 3 is 2.80 bits per heavy atom. The van der Waals surface area contributed by atoms with Gasteiger partial charge in [-0.15, -0.1) is 0 Å². The highest BCUT2D eigenvalue weighted by molar-refractivity contribution is 7.80. The SMILES string of the molecule is COCCN=C(NC(=S)NCC1CCCO1)Nc1nc(C)cc(C)n1. The topological polar surface area (TPSA) is 92.7 Å². The Hall–Kier alpha value is -1.84. The lowest BCUT2D eigenvalue weighted by molar-refractivity contribution is 0.114. The number of hydrogen-bond acceptors (Lipinski definition) is 6. The molecule has 3 N–H and O–H groups in total. The molecule has 2 rings (SSSR count). The third-order valence-electron chi connectivity index (χ3n) is 3.52. The van der Waals surface area contributed by atoms with Gasteiger partial charge in [-0.25, -0.2) is 9.97 Å². The first-order valence-electron chi connectivity index (χ1n) is 8.36. The van der Waals surface area contributed by atoms with Crippen molar-refractivity contribution in [2.75, 3.05) is 38.7 Å². The minimum Gasteiger partial charge on any atom is -0.383 e. The van der Waals surface area contributed by atoms with Crippen molar-refractivity contribution >= 4 is 29.2 Å². The maximum absolute atomic E-state index is 5.58. The number of rotatable bonds is 6. The van der Waals surface area contributed by atoms with E-state index in [9.17, 15) is 0 Å². The number of guanidine groups is 1. The van der Waals surface area contributed by atoms with Crippen molar-refractivity contribution in [3.8, 4) is 0 Å². The summed E-state index contributed by atoms with van der Waals surface area (Å²) in [5.41, 5.74) is 1.76. The van der Waals surface area contributed by atoms with Gasteiger partial charge in [-0.3, -0.25) is 10.3 Å². The zero-order chi connectivity index (χ0) is 18.1. The molecule has 9 heteroatoms. The highest BCUT2D eigenvalue weighted by Crippen LogP contribution is 2.10. The Morgan fingerprint density at radius 1 is 1.40 bits per heavy atom. The van der Waals surface area contributed by atoms with Crippen molar-refractivity contribution in [2.45, 2.75) is 32.8 Å². The number of anilines is 1. The van der Waals surface area contributed by atoms with Crippen LogP contribution >= 0.6 is 12.2 Å². The fraction of sp³-hybridized carbons (Fsp3) is 0.625. The molecule has 2 heterocycles. The van der Waals surface area contributed by atoms with E-state index in [4.69, 9.17) is 21.7 Å². The Balaban J connectivity index is 1.94. The Kier molecular flexibility index (Phi) is 7.96. The molecule has 25 heavy (non-hydrogen) atoms. The second-order valence-electron chi connectivity index (χ2n) is 5.79. The molecule has 1 aromatic rings. The maximum atomic E-state index is 5.58. The molecule has 1 aliphatic rings. The van der Waals surface area contributed by atoms with Crippen LogP contribution in [0.4, 0.5) is 5.95 Å². The van der Waals surface area contributed by atoms with Crippen LogP contribution in [-0.2, 0) is 9.47 Å². The average Bonchev–Trinajstić information content (AvgIpc) is 3.05. The number of nitrogens with one attached hydrogen (secondary N) is 3. The van der Waals surface area contributed by atoms with E-state index in [1.54, 1.807) is 7.11 Å². The van der Waals surface area contributed by atoms with Gasteiger partial charge in [0.2, 0.25) is 11.9 Å². The number of nitrogens with zero attached hydrogens (tertiary/aromatic N) is 3. The number of hydrogen-bond donors (Lipinski definition) is 3. The highest BCUT2D eigenvalue weighted by atomic mass is 32.1. The number of aliphatic imine (C=N–C) groups is 1. The molecule has 1 atom stereocenters. The average molecular weight is 366 g/mol. The number of aromatic nitrogens is 2. The molecule has 1 unspecified atom stereocenters. The second kappa shape index (κ2) is 10.2. The van der Waals surface area contributed by atoms with Gasteiger partial charge < -0.3 is 20.1 Å². The van der Waals surface area contributed by atoms with Crippen molar-refractivity contribution in [1.29, 1.82) is 0 Å². The first-order valence-corrected chi connectivity index (χ1v) is 8.77. The molecule has 0 radical (unpaired) electrons. The van der Waals surface area contributed by atoms with E-state index in [1.807, 2.05) is 19.9 Å². The minimum atomic E-state index is 0.212. The molecular formula is C16H26N6O2S. The van der Waals surface area contributed by atoms with Crippen LogP contribution in [0.5, 0.6) is 0 Å². The summed E-state index contributed by atoms with van der Waals surface area (Å²) >= 11 is 5.34. The van der Waals surface area contributed by atoms with E-state index in [2.05, 4.69) is 30.9 Å². The quantitative estimate of drug-likeness (QED) is 0.299. The van der Waals surface area contributed by atoms with E-state index in [0.717, 1.165) is 30.8 Å². The van der Waals surface area contributed by atoms with E-state index in [-0.39, 0.29) is 6.10 Å². The first kappa shape index (κ1) is 19.5. The summed E-state index contributed by atoms with van der Waals surface area (Å²) in [6.45, 7) is 6.34. The molecule has 0 aromatic carbocycles. The molecule has 0 spiro atoms. The van der Waals surface area contributed by atoms with Gasteiger partial charge in [-0.1, -0.05) is 0 Å².